The fraction of sp³-hybridized carbons (Fsp3) is 0.611. The van der Waals surface area contributed by atoms with Gasteiger partial charge < -0.3 is 5.11 Å². The van der Waals surface area contributed by atoms with Gasteiger partial charge in [0.2, 0.25) is 0 Å². The molecule has 1 aromatic rings. The van der Waals surface area contributed by atoms with Crippen LogP contribution in [0.2, 0.25) is 0 Å². The van der Waals surface area contributed by atoms with Gasteiger partial charge in [-0.15, -0.1) is 0 Å². The Hall–Kier alpha value is -0.830. The maximum atomic E-state index is 11.9. The lowest BCUT2D eigenvalue weighted by Crippen LogP contribution is -2.39. The summed E-state index contributed by atoms with van der Waals surface area (Å²) in [5.41, 5.74) is 0.826. The molecule has 21 heavy (non-hydrogen) atoms. The molecular weight excluding hydrogens is 328 g/mol. The van der Waals surface area contributed by atoms with E-state index in [1.807, 2.05) is 24.3 Å². The Morgan fingerprint density at radius 2 is 1.76 bits per heavy atom. The first-order valence-electron chi connectivity index (χ1n) is 7.71. The van der Waals surface area contributed by atoms with Gasteiger partial charge in [0.15, 0.2) is 0 Å². The Labute approximate surface area is 136 Å². The van der Waals surface area contributed by atoms with Crippen molar-refractivity contribution in [2.45, 2.75) is 52.9 Å². The van der Waals surface area contributed by atoms with Gasteiger partial charge in [-0.2, -0.15) is 0 Å². The SMILES string of the molecule is CC(C)(C)C1CCC(Cc2ccc(Br)cc2)(C(=O)O)CC1. The molecule has 0 atom stereocenters. The number of hydrogen-bond acceptors (Lipinski definition) is 1. The Morgan fingerprint density at radius 3 is 2.19 bits per heavy atom. The zero-order chi connectivity index (χ0) is 15.7. The van der Waals surface area contributed by atoms with Crippen molar-refractivity contribution in [2.75, 3.05) is 0 Å². The highest BCUT2D eigenvalue weighted by Gasteiger charge is 2.43. The number of carbonyl (C=O) groups is 1. The lowest BCUT2D eigenvalue weighted by atomic mass is 9.62. The lowest BCUT2D eigenvalue weighted by Gasteiger charge is -2.42. The third-order valence-electron chi connectivity index (χ3n) is 5.08. The summed E-state index contributed by atoms with van der Waals surface area (Å²) in [6.07, 6.45) is 4.27. The van der Waals surface area contributed by atoms with Crippen LogP contribution in [0.5, 0.6) is 0 Å². The van der Waals surface area contributed by atoms with E-state index in [4.69, 9.17) is 0 Å². The van der Waals surface area contributed by atoms with Crippen molar-refractivity contribution in [2.24, 2.45) is 16.7 Å². The fourth-order valence-electron chi connectivity index (χ4n) is 3.50. The zero-order valence-corrected chi connectivity index (χ0v) is 14.7. The molecule has 1 N–H and O–H groups in total. The largest absolute Gasteiger partial charge is 0.481 e. The Kier molecular flexibility index (Phi) is 4.82. The third-order valence-corrected chi connectivity index (χ3v) is 5.61. The van der Waals surface area contributed by atoms with Crippen molar-refractivity contribution in [1.82, 2.24) is 0 Å². The van der Waals surface area contributed by atoms with Crippen LogP contribution in [0.15, 0.2) is 28.7 Å². The van der Waals surface area contributed by atoms with Crippen molar-refractivity contribution in [3.8, 4) is 0 Å². The predicted molar refractivity (Wildman–Crippen MR) is 89.3 cm³/mol. The number of halogens is 1. The van der Waals surface area contributed by atoms with E-state index in [0.29, 0.717) is 12.3 Å². The molecule has 1 aliphatic rings. The first-order valence-corrected chi connectivity index (χ1v) is 8.50. The van der Waals surface area contributed by atoms with Gasteiger partial charge in [0.1, 0.15) is 0 Å². The third kappa shape index (κ3) is 3.88. The van der Waals surface area contributed by atoms with Crippen LogP contribution >= 0.6 is 15.9 Å². The molecule has 116 valence electrons. The molecule has 0 unspecified atom stereocenters. The second-order valence-corrected chi connectivity index (χ2v) is 8.44. The summed E-state index contributed by atoms with van der Waals surface area (Å²) >= 11 is 3.43. The van der Waals surface area contributed by atoms with Crippen LogP contribution in [0.4, 0.5) is 0 Å². The van der Waals surface area contributed by atoms with Crippen molar-refractivity contribution in [3.05, 3.63) is 34.3 Å². The van der Waals surface area contributed by atoms with E-state index in [9.17, 15) is 9.90 Å². The van der Waals surface area contributed by atoms with E-state index in [0.717, 1.165) is 35.7 Å². The Balaban J connectivity index is 2.13. The summed E-state index contributed by atoms with van der Waals surface area (Å²) in [7, 11) is 0. The maximum Gasteiger partial charge on any atom is 0.309 e. The van der Waals surface area contributed by atoms with Gasteiger partial charge in [-0.3, -0.25) is 4.79 Å². The first kappa shape index (κ1) is 16.5. The minimum Gasteiger partial charge on any atom is -0.481 e. The number of rotatable bonds is 3. The van der Waals surface area contributed by atoms with Crippen LogP contribution in [0.1, 0.15) is 52.0 Å². The van der Waals surface area contributed by atoms with Gasteiger partial charge in [0, 0.05) is 4.47 Å². The van der Waals surface area contributed by atoms with Gasteiger partial charge in [0.25, 0.3) is 0 Å². The van der Waals surface area contributed by atoms with E-state index in [2.05, 4.69) is 36.7 Å². The number of carboxylic acid groups (broad SMARTS) is 1. The average Bonchev–Trinajstić information content (AvgIpc) is 2.41. The van der Waals surface area contributed by atoms with Crippen molar-refractivity contribution < 1.29 is 9.90 Å². The van der Waals surface area contributed by atoms with Gasteiger partial charge in [-0.25, -0.2) is 0 Å². The van der Waals surface area contributed by atoms with E-state index in [1.165, 1.54) is 0 Å². The smallest absolute Gasteiger partial charge is 0.309 e. The van der Waals surface area contributed by atoms with Gasteiger partial charge in [0.05, 0.1) is 5.41 Å². The van der Waals surface area contributed by atoms with E-state index < -0.39 is 11.4 Å². The van der Waals surface area contributed by atoms with E-state index in [-0.39, 0.29) is 5.41 Å². The molecular formula is C18H25BrO2. The molecule has 0 spiro atoms. The standard InChI is InChI=1S/C18H25BrO2/c1-17(2,3)14-8-10-18(11-9-14,16(20)21)12-13-4-6-15(19)7-5-13/h4-7,14H,8-12H2,1-3H3,(H,20,21). The fourth-order valence-corrected chi connectivity index (χ4v) is 3.76. The zero-order valence-electron chi connectivity index (χ0n) is 13.2. The van der Waals surface area contributed by atoms with E-state index >= 15 is 0 Å². The quantitative estimate of drug-likeness (QED) is 0.801. The monoisotopic (exact) mass is 352 g/mol. The second-order valence-electron chi connectivity index (χ2n) is 7.53. The number of aliphatic carboxylic acids is 1. The molecule has 1 aliphatic carbocycles. The average molecular weight is 353 g/mol. The highest BCUT2D eigenvalue weighted by Crippen LogP contribution is 2.47. The van der Waals surface area contributed by atoms with Crippen LogP contribution in [-0.2, 0) is 11.2 Å². The van der Waals surface area contributed by atoms with Crippen LogP contribution in [0, 0.1) is 16.7 Å². The lowest BCUT2D eigenvalue weighted by molar-refractivity contribution is -0.152. The van der Waals surface area contributed by atoms with Gasteiger partial charge in [-0.1, -0.05) is 48.8 Å². The summed E-state index contributed by atoms with van der Waals surface area (Å²) in [5.74, 6) is 0.00710. The molecule has 2 rings (SSSR count). The topological polar surface area (TPSA) is 37.3 Å². The molecule has 1 aromatic carbocycles. The number of carboxylic acids is 1. The molecule has 2 nitrogen and oxygen atoms in total. The predicted octanol–water partition coefficient (Wildman–Crippen LogP) is 5.30. The van der Waals surface area contributed by atoms with Gasteiger partial charge >= 0.3 is 5.97 Å². The van der Waals surface area contributed by atoms with Crippen molar-refractivity contribution >= 4 is 21.9 Å². The molecule has 0 aromatic heterocycles. The highest BCUT2D eigenvalue weighted by molar-refractivity contribution is 9.10. The molecule has 3 heteroatoms. The summed E-state index contributed by atoms with van der Waals surface area (Å²) in [4.78, 5) is 11.9. The molecule has 0 aliphatic heterocycles. The van der Waals surface area contributed by atoms with Gasteiger partial charge in [-0.05, 0) is 61.1 Å². The van der Waals surface area contributed by atoms with Crippen molar-refractivity contribution in [1.29, 1.82) is 0 Å². The summed E-state index contributed by atoms with van der Waals surface area (Å²) in [6, 6.07) is 8.05. The maximum absolute atomic E-state index is 11.9. The van der Waals surface area contributed by atoms with Crippen LogP contribution in [0.25, 0.3) is 0 Å². The second kappa shape index (κ2) is 6.12. The molecule has 1 saturated carbocycles. The molecule has 0 saturated heterocycles. The van der Waals surface area contributed by atoms with Crippen molar-refractivity contribution in [3.63, 3.8) is 0 Å². The molecule has 1 fully saturated rings. The number of benzene rings is 1. The first-order chi connectivity index (χ1) is 9.73. The Morgan fingerprint density at radius 1 is 1.24 bits per heavy atom. The highest BCUT2D eigenvalue weighted by atomic mass is 79.9. The summed E-state index contributed by atoms with van der Waals surface area (Å²) in [5, 5.41) is 9.78. The molecule has 0 heterocycles. The normalized spacial score (nSPS) is 26.6. The molecule has 0 bridgehead atoms. The molecule has 0 radical (unpaired) electrons. The summed E-state index contributed by atoms with van der Waals surface area (Å²) < 4.78 is 1.03. The molecule has 0 amide bonds. The van der Waals surface area contributed by atoms with Crippen LogP contribution in [-0.4, -0.2) is 11.1 Å². The summed E-state index contributed by atoms with van der Waals surface area (Å²) in [6.45, 7) is 6.79. The Bertz CT molecular complexity index is 491. The minimum atomic E-state index is -0.627. The number of hydrogen-bond donors (Lipinski definition) is 1. The minimum absolute atomic E-state index is 0.280. The van der Waals surface area contributed by atoms with Crippen LogP contribution in [0.3, 0.4) is 0 Å². The van der Waals surface area contributed by atoms with Crippen LogP contribution < -0.4 is 0 Å². The van der Waals surface area contributed by atoms with E-state index in [1.54, 1.807) is 0 Å².